The van der Waals surface area contributed by atoms with E-state index in [0.29, 0.717) is 0 Å². The lowest BCUT2D eigenvalue weighted by Crippen LogP contribution is -2.24. The monoisotopic (exact) mass is 218 g/mol. The van der Waals surface area contributed by atoms with Gasteiger partial charge in [0.05, 0.1) is 0 Å². The molecule has 0 aromatic rings. The highest BCUT2D eigenvalue weighted by molar-refractivity contribution is 5.85. The third-order valence-electron chi connectivity index (χ3n) is 2.72. The maximum Gasteiger partial charge on any atom is 0.108 e. The number of aliphatic imine (C=N–C) groups is 2. The average Bonchev–Trinajstić information content (AvgIpc) is 2.37. The van der Waals surface area contributed by atoms with Crippen LogP contribution in [0.5, 0.6) is 0 Å². The van der Waals surface area contributed by atoms with Crippen LogP contribution in [-0.2, 0) is 0 Å². The molecule has 16 heavy (non-hydrogen) atoms. The van der Waals surface area contributed by atoms with Gasteiger partial charge in [-0.05, 0) is 25.7 Å². The van der Waals surface area contributed by atoms with Gasteiger partial charge in [0.2, 0.25) is 0 Å². The Bertz CT molecular complexity index is 314. The molecule has 0 bridgehead atoms. The second kappa shape index (κ2) is 6.16. The van der Waals surface area contributed by atoms with Gasteiger partial charge in [0.15, 0.2) is 0 Å². The Morgan fingerprint density at radius 1 is 0.750 bits per heavy atom. The summed E-state index contributed by atoms with van der Waals surface area (Å²) in [5, 5.41) is 6.07. The third-order valence-corrected chi connectivity index (χ3v) is 2.72. The van der Waals surface area contributed by atoms with E-state index in [1.165, 1.54) is 25.7 Å². The van der Waals surface area contributed by atoms with E-state index in [2.05, 4.69) is 32.7 Å². The molecule has 2 N–H and O–H groups in total. The fourth-order valence-corrected chi connectivity index (χ4v) is 1.81. The Labute approximate surface area is 96.6 Å². The minimum Gasteiger partial charge on any atom is -0.302 e. The predicted octanol–water partition coefficient (Wildman–Crippen LogP) is 1.25. The Morgan fingerprint density at radius 3 is 1.62 bits per heavy atom. The summed E-state index contributed by atoms with van der Waals surface area (Å²) < 4.78 is 0. The van der Waals surface area contributed by atoms with Crippen LogP contribution in [0.3, 0.4) is 0 Å². The van der Waals surface area contributed by atoms with Crippen molar-refractivity contribution in [1.82, 2.24) is 10.6 Å². The molecule has 2 aliphatic rings. The third kappa shape index (κ3) is 3.58. The van der Waals surface area contributed by atoms with Gasteiger partial charge in [0, 0.05) is 38.0 Å². The molecule has 0 saturated carbocycles. The van der Waals surface area contributed by atoms with E-state index in [-0.39, 0.29) is 0 Å². The van der Waals surface area contributed by atoms with Gasteiger partial charge in [-0.1, -0.05) is 0 Å². The topological polar surface area (TPSA) is 48.8 Å². The summed E-state index contributed by atoms with van der Waals surface area (Å²) in [6.45, 7) is 1.87. The summed E-state index contributed by atoms with van der Waals surface area (Å²) >= 11 is 0. The van der Waals surface area contributed by atoms with E-state index >= 15 is 0 Å². The highest BCUT2D eigenvalue weighted by Gasteiger charge is 2.03. The zero-order valence-electron chi connectivity index (χ0n) is 9.55. The minimum atomic E-state index is 0.935. The molecule has 0 atom stereocenters. The lowest BCUT2D eigenvalue weighted by molar-refractivity contribution is 0.724. The first kappa shape index (κ1) is 11.0. The van der Waals surface area contributed by atoms with E-state index in [1.807, 2.05) is 0 Å². The van der Waals surface area contributed by atoms with Crippen LogP contribution in [0.1, 0.15) is 38.5 Å². The number of amidine groups is 2. The van der Waals surface area contributed by atoms with E-state index in [0.717, 1.165) is 37.6 Å². The van der Waals surface area contributed by atoms with Crippen LogP contribution in [0.15, 0.2) is 9.98 Å². The molecule has 4 heteroatoms. The SMILES string of the molecule is C(#CNC1=NCCCC1)NC1=NCCCC1. The van der Waals surface area contributed by atoms with Crippen LogP contribution < -0.4 is 10.6 Å². The molecule has 4 nitrogen and oxygen atoms in total. The first-order valence-electron chi connectivity index (χ1n) is 6.04. The zero-order valence-corrected chi connectivity index (χ0v) is 9.55. The van der Waals surface area contributed by atoms with Crippen molar-refractivity contribution in [2.45, 2.75) is 38.5 Å². The van der Waals surface area contributed by atoms with Crippen LogP contribution in [0.4, 0.5) is 0 Å². The van der Waals surface area contributed by atoms with Crippen molar-refractivity contribution >= 4 is 11.7 Å². The lowest BCUT2D eigenvalue weighted by Gasteiger charge is -2.10. The largest absolute Gasteiger partial charge is 0.302 e. The predicted molar refractivity (Wildman–Crippen MR) is 66.4 cm³/mol. The molecule has 0 amide bonds. The smallest absolute Gasteiger partial charge is 0.108 e. The maximum atomic E-state index is 4.36. The van der Waals surface area contributed by atoms with E-state index in [4.69, 9.17) is 0 Å². The first-order valence-corrected chi connectivity index (χ1v) is 6.04. The van der Waals surface area contributed by atoms with Crippen molar-refractivity contribution in [3.8, 4) is 12.1 Å². The minimum absolute atomic E-state index is 0.935. The summed E-state index contributed by atoms with van der Waals surface area (Å²) in [4.78, 5) is 8.72. The van der Waals surface area contributed by atoms with Gasteiger partial charge in [-0.15, -0.1) is 0 Å². The molecule has 86 valence electrons. The molecule has 0 spiro atoms. The Hall–Kier alpha value is -1.50. The molecule has 0 aromatic heterocycles. The quantitative estimate of drug-likeness (QED) is 0.475. The summed E-state index contributed by atoms with van der Waals surface area (Å²) in [5.74, 6) is 2.04. The van der Waals surface area contributed by atoms with Crippen LogP contribution in [0.2, 0.25) is 0 Å². The van der Waals surface area contributed by atoms with E-state index in [1.54, 1.807) is 0 Å². The second-order valence-electron chi connectivity index (χ2n) is 4.07. The van der Waals surface area contributed by atoms with Crippen LogP contribution in [-0.4, -0.2) is 24.8 Å². The van der Waals surface area contributed by atoms with Crippen molar-refractivity contribution in [3.63, 3.8) is 0 Å². The van der Waals surface area contributed by atoms with Gasteiger partial charge >= 0.3 is 0 Å². The number of nitrogens with one attached hydrogen (secondary N) is 2. The van der Waals surface area contributed by atoms with Crippen LogP contribution in [0.25, 0.3) is 0 Å². The zero-order chi connectivity index (χ0) is 11.1. The van der Waals surface area contributed by atoms with Gasteiger partial charge in [0.1, 0.15) is 11.7 Å². The second-order valence-corrected chi connectivity index (χ2v) is 4.07. The Morgan fingerprint density at radius 2 is 1.25 bits per heavy atom. The summed E-state index contributed by atoms with van der Waals surface area (Å²) in [7, 11) is 0. The first-order chi connectivity index (χ1) is 7.95. The number of nitrogens with zero attached hydrogens (tertiary/aromatic N) is 2. The molecule has 0 aromatic carbocycles. The standard InChI is InChI=1S/C12H18N4/c1-3-7-13-11(5-1)15-9-10-16-12-6-2-4-8-14-12/h1-8H2,(H,13,15)(H,14,16). The van der Waals surface area contributed by atoms with Crippen molar-refractivity contribution < 1.29 is 0 Å². The summed E-state index contributed by atoms with van der Waals surface area (Å²) in [5.41, 5.74) is 0. The summed E-state index contributed by atoms with van der Waals surface area (Å²) in [6.07, 6.45) is 6.88. The van der Waals surface area contributed by atoms with E-state index in [9.17, 15) is 0 Å². The molecule has 2 aliphatic heterocycles. The van der Waals surface area contributed by atoms with Gasteiger partial charge in [0.25, 0.3) is 0 Å². The van der Waals surface area contributed by atoms with Crippen molar-refractivity contribution in [2.24, 2.45) is 9.98 Å². The van der Waals surface area contributed by atoms with Gasteiger partial charge < -0.3 is 10.6 Å². The molecular weight excluding hydrogens is 200 g/mol. The fraction of sp³-hybridized carbons (Fsp3) is 0.667. The molecule has 0 unspecified atom stereocenters. The average molecular weight is 218 g/mol. The van der Waals surface area contributed by atoms with Gasteiger partial charge in [-0.2, -0.15) is 0 Å². The van der Waals surface area contributed by atoms with Crippen LogP contribution in [0, 0.1) is 12.1 Å². The molecular formula is C12H18N4. The van der Waals surface area contributed by atoms with Gasteiger partial charge in [-0.25, -0.2) is 0 Å². The normalized spacial score (nSPS) is 20.0. The maximum absolute atomic E-state index is 4.36. The molecule has 0 fully saturated rings. The molecule has 0 radical (unpaired) electrons. The Balaban J connectivity index is 1.73. The fourth-order valence-electron chi connectivity index (χ4n) is 1.81. The number of hydrogen-bond donors (Lipinski definition) is 2. The Kier molecular flexibility index (Phi) is 4.24. The molecule has 2 rings (SSSR count). The summed E-state index contributed by atoms with van der Waals surface area (Å²) in [6, 6.07) is 5.76. The number of rotatable bonds is 0. The highest BCUT2D eigenvalue weighted by Crippen LogP contribution is 2.04. The molecule has 0 aliphatic carbocycles. The van der Waals surface area contributed by atoms with Crippen molar-refractivity contribution in [3.05, 3.63) is 0 Å². The number of hydrogen-bond acceptors (Lipinski definition) is 4. The molecule has 2 heterocycles. The van der Waals surface area contributed by atoms with Crippen LogP contribution >= 0.6 is 0 Å². The van der Waals surface area contributed by atoms with E-state index < -0.39 is 0 Å². The highest BCUT2D eigenvalue weighted by atomic mass is 15.0. The van der Waals surface area contributed by atoms with Crippen molar-refractivity contribution in [1.29, 1.82) is 0 Å². The molecule has 0 saturated heterocycles. The lowest BCUT2D eigenvalue weighted by atomic mass is 10.2. The van der Waals surface area contributed by atoms with Gasteiger partial charge in [-0.3, -0.25) is 9.98 Å². The van der Waals surface area contributed by atoms with Crippen molar-refractivity contribution in [2.75, 3.05) is 13.1 Å².